The molecule has 2 heterocycles. The van der Waals surface area contributed by atoms with Crippen molar-refractivity contribution in [2.45, 2.75) is 26.1 Å². The smallest absolute Gasteiger partial charge is 0.385 e. The zero-order valence-electron chi connectivity index (χ0n) is 13.5. The lowest BCUT2D eigenvalue weighted by molar-refractivity contribution is -0.146. The molecule has 0 saturated carbocycles. The first-order valence-electron chi connectivity index (χ1n) is 7.83. The molecule has 0 aliphatic rings. The number of anilines is 2. The lowest BCUT2D eigenvalue weighted by atomic mass is 10.2. The fourth-order valence-electron chi connectivity index (χ4n) is 2.26. The molecule has 3 aromatic rings. The van der Waals surface area contributed by atoms with Gasteiger partial charge in [-0.2, -0.15) is 17.7 Å². The standard InChI is InChI=1S/C16H17F3N6/c1-2-9-20-12-5-3-11(4-6-12)10-21-13-7-8-14-22-23-15(16(17,18)19)25(14)24-13/h3-8,20H,2,9-10H2,1H3,(H,21,24). The summed E-state index contributed by atoms with van der Waals surface area (Å²) in [5.41, 5.74) is 2.07. The van der Waals surface area contributed by atoms with Gasteiger partial charge in [0.2, 0.25) is 0 Å². The summed E-state index contributed by atoms with van der Waals surface area (Å²) in [7, 11) is 0. The Hall–Kier alpha value is -2.84. The Morgan fingerprint density at radius 1 is 1.00 bits per heavy atom. The predicted molar refractivity (Wildman–Crippen MR) is 88.3 cm³/mol. The van der Waals surface area contributed by atoms with E-state index in [0.29, 0.717) is 16.9 Å². The Morgan fingerprint density at radius 2 is 1.76 bits per heavy atom. The van der Waals surface area contributed by atoms with Crippen LogP contribution in [0.15, 0.2) is 36.4 Å². The number of hydrogen-bond acceptors (Lipinski definition) is 5. The highest BCUT2D eigenvalue weighted by Gasteiger charge is 2.37. The molecule has 0 aliphatic carbocycles. The van der Waals surface area contributed by atoms with Crippen molar-refractivity contribution in [2.24, 2.45) is 0 Å². The summed E-state index contributed by atoms with van der Waals surface area (Å²) in [6, 6.07) is 10.8. The van der Waals surface area contributed by atoms with Crippen LogP contribution in [0.3, 0.4) is 0 Å². The molecule has 2 N–H and O–H groups in total. The Balaban J connectivity index is 1.70. The number of aromatic nitrogens is 4. The maximum absolute atomic E-state index is 12.9. The second kappa shape index (κ2) is 6.96. The van der Waals surface area contributed by atoms with Crippen molar-refractivity contribution >= 4 is 17.2 Å². The number of alkyl halides is 3. The summed E-state index contributed by atoms with van der Waals surface area (Å²) in [5.74, 6) is -0.830. The number of rotatable bonds is 6. The Morgan fingerprint density at radius 3 is 2.44 bits per heavy atom. The van der Waals surface area contributed by atoms with Gasteiger partial charge < -0.3 is 10.6 Å². The van der Waals surface area contributed by atoms with Crippen LogP contribution in [0.5, 0.6) is 0 Å². The van der Waals surface area contributed by atoms with Gasteiger partial charge in [-0.25, -0.2) is 0 Å². The minimum atomic E-state index is -4.60. The molecule has 0 aliphatic heterocycles. The SMILES string of the molecule is CCCNc1ccc(CNc2ccc3nnc(C(F)(F)F)n3n2)cc1. The molecule has 25 heavy (non-hydrogen) atoms. The van der Waals surface area contributed by atoms with E-state index in [9.17, 15) is 13.2 Å². The minimum absolute atomic E-state index is 0.0456. The van der Waals surface area contributed by atoms with Crippen LogP contribution >= 0.6 is 0 Å². The van der Waals surface area contributed by atoms with E-state index in [2.05, 4.69) is 32.9 Å². The van der Waals surface area contributed by atoms with Gasteiger partial charge in [0.25, 0.3) is 5.82 Å². The number of halogens is 3. The second-order valence-corrected chi connectivity index (χ2v) is 5.49. The van der Waals surface area contributed by atoms with E-state index in [1.807, 2.05) is 24.3 Å². The van der Waals surface area contributed by atoms with Crippen LogP contribution in [-0.4, -0.2) is 26.4 Å². The summed E-state index contributed by atoms with van der Waals surface area (Å²) in [5, 5.41) is 16.8. The predicted octanol–water partition coefficient (Wildman–Crippen LogP) is 3.58. The van der Waals surface area contributed by atoms with E-state index in [0.717, 1.165) is 24.2 Å². The molecule has 0 atom stereocenters. The van der Waals surface area contributed by atoms with E-state index in [1.165, 1.54) is 6.07 Å². The average Bonchev–Trinajstić information content (AvgIpc) is 3.02. The van der Waals surface area contributed by atoms with Crippen molar-refractivity contribution in [1.29, 1.82) is 0 Å². The van der Waals surface area contributed by atoms with Crippen molar-refractivity contribution in [1.82, 2.24) is 19.8 Å². The molecule has 1 aromatic carbocycles. The van der Waals surface area contributed by atoms with Gasteiger partial charge in [-0.15, -0.1) is 15.3 Å². The Kier molecular flexibility index (Phi) is 4.73. The van der Waals surface area contributed by atoms with E-state index < -0.39 is 12.0 Å². The summed E-state index contributed by atoms with van der Waals surface area (Å²) in [6.45, 7) is 3.44. The first-order valence-corrected chi connectivity index (χ1v) is 7.83. The summed E-state index contributed by atoms with van der Waals surface area (Å²) in [4.78, 5) is 0. The van der Waals surface area contributed by atoms with Gasteiger partial charge in [0.05, 0.1) is 0 Å². The zero-order chi connectivity index (χ0) is 17.9. The maximum Gasteiger partial charge on any atom is 0.453 e. The third kappa shape index (κ3) is 3.98. The van der Waals surface area contributed by atoms with Gasteiger partial charge in [-0.05, 0) is 36.2 Å². The third-order valence-electron chi connectivity index (χ3n) is 3.52. The fourth-order valence-corrected chi connectivity index (χ4v) is 2.26. The highest BCUT2D eigenvalue weighted by molar-refractivity contribution is 5.47. The number of nitrogens with one attached hydrogen (secondary N) is 2. The Labute approximate surface area is 142 Å². The van der Waals surface area contributed by atoms with Gasteiger partial charge in [0.1, 0.15) is 5.82 Å². The molecule has 132 valence electrons. The molecule has 0 saturated heterocycles. The van der Waals surface area contributed by atoms with Crippen LogP contribution in [0, 0.1) is 0 Å². The molecule has 0 radical (unpaired) electrons. The van der Waals surface area contributed by atoms with E-state index in [4.69, 9.17) is 0 Å². The first-order chi connectivity index (χ1) is 12.0. The average molecular weight is 350 g/mol. The lowest BCUT2D eigenvalue weighted by Crippen LogP contribution is -2.13. The Bertz CT molecular complexity index is 841. The summed E-state index contributed by atoms with van der Waals surface area (Å²) in [6.07, 6.45) is -3.56. The first kappa shape index (κ1) is 17.0. The second-order valence-electron chi connectivity index (χ2n) is 5.49. The molecular weight excluding hydrogens is 333 g/mol. The molecule has 0 unspecified atom stereocenters. The van der Waals surface area contributed by atoms with Crippen LogP contribution < -0.4 is 10.6 Å². The number of nitrogens with zero attached hydrogens (tertiary/aromatic N) is 4. The monoisotopic (exact) mass is 350 g/mol. The molecule has 0 bridgehead atoms. The van der Waals surface area contributed by atoms with Crippen LogP contribution in [-0.2, 0) is 12.7 Å². The van der Waals surface area contributed by atoms with Crippen LogP contribution in [0.2, 0.25) is 0 Å². The zero-order valence-corrected chi connectivity index (χ0v) is 13.5. The summed E-state index contributed by atoms with van der Waals surface area (Å²) >= 11 is 0. The molecule has 9 heteroatoms. The topological polar surface area (TPSA) is 67.1 Å². The molecular formula is C16H17F3N6. The normalized spacial score (nSPS) is 11.7. The summed E-state index contributed by atoms with van der Waals surface area (Å²) < 4.78 is 39.3. The van der Waals surface area contributed by atoms with Crippen LogP contribution in [0.25, 0.3) is 5.65 Å². The third-order valence-corrected chi connectivity index (χ3v) is 3.52. The highest BCUT2D eigenvalue weighted by Crippen LogP contribution is 2.27. The molecule has 6 nitrogen and oxygen atoms in total. The van der Waals surface area contributed by atoms with Crippen LogP contribution in [0.1, 0.15) is 24.7 Å². The molecule has 0 amide bonds. The van der Waals surface area contributed by atoms with E-state index in [1.54, 1.807) is 6.07 Å². The van der Waals surface area contributed by atoms with E-state index in [-0.39, 0.29) is 5.65 Å². The maximum atomic E-state index is 12.9. The van der Waals surface area contributed by atoms with Crippen molar-refractivity contribution in [3.05, 3.63) is 47.8 Å². The number of benzene rings is 1. The number of fused-ring (bicyclic) bond motifs is 1. The fraction of sp³-hybridized carbons (Fsp3) is 0.312. The van der Waals surface area contributed by atoms with Crippen molar-refractivity contribution in [3.8, 4) is 0 Å². The van der Waals surface area contributed by atoms with Crippen molar-refractivity contribution in [3.63, 3.8) is 0 Å². The quantitative estimate of drug-likeness (QED) is 0.711. The van der Waals surface area contributed by atoms with Crippen molar-refractivity contribution in [2.75, 3.05) is 17.2 Å². The van der Waals surface area contributed by atoms with Gasteiger partial charge >= 0.3 is 6.18 Å². The van der Waals surface area contributed by atoms with Gasteiger partial charge in [-0.1, -0.05) is 19.1 Å². The lowest BCUT2D eigenvalue weighted by Gasteiger charge is -2.09. The van der Waals surface area contributed by atoms with Gasteiger partial charge in [0.15, 0.2) is 5.65 Å². The molecule has 2 aromatic heterocycles. The van der Waals surface area contributed by atoms with E-state index >= 15 is 0 Å². The highest BCUT2D eigenvalue weighted by atomic mass is 19.4. The molecule has 0 fully saturated rings. The van der Waals surface area contributed by atoms with Gasteiger partial charge in [-0.3, -0.25) is 0 Å². The van der Waals surface area contributed by atoms with Crippen molar-refractivity contribution < 1.29 is 13.2 Å². The largest absolute Gasteiger partial charge is 0.453 e. The number of hydrogen-bond donors (Lipinski definition) is 2. The van der Waals surface area contributed by atoms with Gasteiger partial charge in [0, 0.05) is 18.8 Å². The van der Waals surface area contributed by atoms with Crippen LogP contribution in [0.4, 0.5) is 24.7 Å². The molecule has 3 rings (SSSR count). The minimum Gasteiger partial charge on any atom is -0.385 e. The molecule has 0 spiro atoms.